The molecule has 0 rings (SSSR count). The highest BCUT2D eigenvalue weighted by atomic mass is 16.5. The van der Waals surface area contributed by atoms with Crippen molar-refractivity contribution in [2.75, 3.05) is 6.61 Å². The van der Waals surface area contributed by atoms with Gasteiger partial charge in [-0.3, -0.25) is 0 Å². The van der Waals surface area contributed by atoms with E-state index in [0.717, 1.165) is 12.8 Å². The first kappa shape index (κ1) is 15.4. The van der Waals surface area contributed by atoms with E-state index in [1.165, 1.54) is 0 Å². The smallest absolute Gasteiger partial charge is 0.338 e. The Bertz CT molecular complexity index is 315. The Labute approximate surface area is 102 Å². The standard InChI is InChI=1S/C13H20O4/c1-6-7-8-16-12(14)10(4)11(5)13(15)17-9(2)3/h9H,4-8H2,1-3H3. The van der Waals surface area contributed by atoms with Gasteiger partial charge in [0.15, 0.2) is 0 Å². The molecule has 0 spiro atoms. The van der Waals surface area contributed by atoms with Crippen LogP contribution in [0.2, 0.25) is 0 Å². The Kier molecular flexibility index (Phi) is 6.94. The first-order chi connectivity index (χ1) is 7.90. The van der Waals surface area contributed by atoms with E-state index in [4.69, 9.17) is 9.47 Å². The summed E-state index contributed by atoms with van der Waals surface area (Å²) in [6, 6.07) is 0. The second kappa shape index (κ2) is 7.65. The van der Waals surface area contributed by atoms with Crippen molar-refractivity contribution in [3.05, 3.63) is 24.3 Å². The molecule has 0 aromatic heterocycles. The fourth-order valence-electron chi connectivity index (χ4n) is 0.928. The number of ether oxygens (including phenoxy) is 2. The van der Waals surface area contributed by atoms with Gasteiger partial charge >= 0.3 is 11.9 Å². The lowest BCUT2D eigenvalue weighted by Gasteiger charge is -2.11. The van der Waals surface area contributed by atoms with E-state index in [0.29, 0.717) is 6.61 Å². The largest absolute Gasteiger partial charge is 0.462 e. The zero-order valence-corrected chi connectivity index (χ0v) is 10.7. The van der Waals surface area contributed by atoms with Crippen LogP contribution in [0.1, 0.15) is 33.6 Å². The van der Waals surface area contributed by atoms with Crippen molar-refractivity contribution >= 4 is 11.9 Å². The number of unbranched alkanes of at least 4 members (excludes halogenated alkanes) is 1. The summed E-state index contributed by atoms with van der Waals surface area (Å²) < 4.78 is 9.82. The van der Waals surface area contributed by atoms with Crippen LogP contribution >= 0.6 is 0 Å². The molecule has 4 heteroatoms. The number of rotatable bonds is 7. The molecule has 0 radical (unpaired) electrons. The molecule has 0 aliphatic carbocycles. The Balaban J connectivity index is 4.25. The fraction of sp³-hybridized carbons (Fsp3) is 0.538. The lowest BCUT2D eigenvalue weighted by Crippen LogP contribution is -2.18. The Morgan fingerprint density at radius 1 is 1.12 bits per heavy atom. The van der Waals surface area contributed by atoms with E-state index in [1.807, 2.05) is 6.92 Å². The maximum absolute atomic E-state index is 11.5. The molecule has 0 bridgehead atoms. The van der Waals surface area contributed by atoms with Gasteiger partial charge in [-0.25, -0.2) is 9.59 Å². The molecule has 4 nitrogen and oxygen atoms in total. The van der Waals surface area contributed by atoms with Gasteiger partial charge in [-0.15, -0.1) is 0 Å². The summed E-state index contributed by atoms with van der Waals surface area (Å²) in [6.45, 7) is 12.7. The molecule has 0 atom stereocenters. The number of hydrogen-bond donors (Lipinski definition) is 0. The quantitative estimate of drug-likeness (QED) is 0.297. The highest BCUT2D eigenvalue weighted by Crippen LogP contribution is 2.11. The molecule has 0 aliphatic rings. The average Bonchev–Trinajstić information content (AvgIpc) is 2.26. The summed E-state index contributed by atoms with van der Waals surface area (Å²) in [7, 11) is 0. The van der Waals surface area contributed by atoms with Gasteiger partial charge in [0.1, 0.15) is 0 Å². The van der Waals surface area contributed by atoms with E-state index < -0.39 is 11.9 Å². The molecule has 0 amide bonds. The van der Waals surface area contributed by atoms with Crippen molar-refractivity contribution < 1.29 is 19.1 Å². The molecule has 0 saturated carbocycles. The highest BCUT2D eigenvalue weighted by molar-refractivity contribution is 6.06. The number of carbonyl (C=O) groups is 2. The predicted octanol–water partition coefficient (Wildman–Crippen LogP) is 2.39. The number of esters is 2. The van der Waals surface area contributed by atoms with Crippen LogP contribution in [0.15, 0.2) is 24.3 Å². The molecule has 0 fully saturated rings. The van der Waals surface area contributed by atoms with Crippen LogP contribution in [-0.4, -0.2) is 24.6 Å². The fourth-order valence-corrected chi connectivity index (χ4v) is 0.928. The topological polar surface area (TPSA) is 52.6 Å². The molecule has 0 saturated heterocycles. The van der Waals surface area contributed by atoms with E-state index in [1.54, 1.807) is 13.8 Å². The van der Waals surface area contributed by atoms with Crippen LogP contribution in [0.5, 0.6) is 0 Å². The van der Waals surface area contributed by atoms with Crippen molar-refractivity contribution in [1.29, 1.82) is 0 Å². The lowest BCUT2D eigenvalue weighted by atomic mass is 10.1. The average molecular weight is 240 g/mol. The van der Waals surface area contributed by atoms with Crippen LogP contribution in [0.4, 0.5) is 0 Å². The first-order valence-corrected chi connectivity index (χ1v) is 5.66. The molecule has 0 N–H and O–H groups in total. The van der Waals surface area contributed by atoms with Gasteiger partial charge in [0, 0.05) is 0 Å². The third-order valence-electron chi connectivity index (χ3n) is 1.93. The minimum absolute atomic E-state index is 0.0493. The van der Waals surface area contributed by atoms with Crippen molar-refractivity contribution in [3.8, 4) is 0 Å². The van der Waals surface area contributed by atoms with Gasteiger partial charge in [-0.1, -0.05) is 26.5 Å². The normalized spacial score (nSPS) is 9.88. The van der Waals surface area contributed by atoms with Crippen LogP contribution in [0.25, 0.3) is 0 Å². The van der Waals surface area contributed by atoms with Crippen LogP contribution < -0.4 is 0 Å². The molecule has 0 aliphatic heterocycles. The summed E-state index contributed by atoms with van der Waals surface area (Å²) >= 11 is 0. The van der Waals surface area contributed by atoms with Gasteiger partial charge in [0.2, 0.25) is 0 Å². The first-order valence-electron chi connectivity index (χ1n) is 5.66. The molecular weight excluding hydrogens is 220 g/mol. The van der Waals surface area contributed by atoms with E-state index >= 15 is 0 Å². The molecule has 17 heavy (non-hydrogen) atoms. The monoisotopic (exact) mass is 240 g/mol. The molecule has 0 aromatic rings. The highest BCUT2D eigenvalue weighted by Gasteiger charge is 2.19. The summed E-state index contributed by atoms with van der Waals surface area (Å²) in [5.41, 5.74) is -0.105. The SMILES string of the molecule is C=C(C(=C)C(=O)OC(C)C)C(=O)OCCCC. The summed E-state index contributed by atoms with van der Waals surface area (Å²) in [4.78, 5) is 22.9. The van der Waals surface area contributed by atoms with Crippen LogP contribution in [0.3, 0.4) is 0 Å². The predicted molar refractivity (Wildman–Crippen MR) is 65.4 cm³/mol. The lowest BCUT2D eigenvalue weighted by molar-refractivity contribution is -0.144. The molecule has 0 unspecified atom stereocenters. The van der Waals surface area contributed by atoms with Gasteiger partial charge in [0.05, 0.1) is 23.9 Å². The Morgan fingerprint density at radius 3 is 2.12 bits per heavy atom. The zero-order chi connectivity index (χ0) is 13.4. The van der Waals surface area contributed by atoms with Gasteiger partial charge in [-0.2, -0.15) is 0 Å². The van der Waals surface area contributed by atoms with Crippen LogP contribution in [-0.2, 0) is 19.1 Å². The van der Waals surface area contributed by atoms with Crippen molar-refractivity contribution in [2.45, 2.75) is 39.7 Å². The van der Waals surface area contributed by atoms with Crippen molar-refractivity contribution in [3.63, 3.8) is 0 Å². The molecule has 0 aromatic carbocycles. The van der Waals surface area contributed by atoms with Gasteiger partial charge in [0.25, 0.3) is 0 Å². The maximum Gasteiger partial charge on any atom is 0.338 e. The second-order valence-electron chi connectivity index (χ2n) is 3.90. The molecule has 0 heterocycles. The summed E-state index contributed by atoms with van der Waals surface area (Å²) in [6.07, 6.45) is 1.45. The molecule has 96 valence electrons. The second-order valence-corrected chi connectivity index (χ2v) is 3.90. The number of hydrogen-bond acceptors (Lipinski definition) is 4. The molecular formula is C13H20O4. The van der Waals surface area contributed by atoms with Gasteiger partial charge < -0.3 is 9.47 Å². The maximum atomic E-state index is 11.5. The zero-order valence-electron chi connectivity index (χ0n) is 10.7. The Hall–Kier alpha value is -1.58. The van der Waals surface area contributed by atoms with E-state index in [9.17, 15) is 9.59 Å². The minimum Gasteiger partial charge on any atom is -0.462 e. The van der Waals surface area contributed by atoms with Gasteiger partial charge in [-0.05, 0) is 20.3 Å². The minimum atomic E-state index is -0.641. The van der Waals surface area contributed by atoms with Crippen molar-refractivity contribution in [2.24, 2.45) is 0 Å². The van der Waals surface area contributed by atoms with Crippen LogP contribution in [0, 0.1) is 0 Å². The third kappa shape index (κ3) is 5.90. The Morgan fingerprint density at radius 2 is 1.65 bits per heavy atom. The van der Waals surface area contributed by atoms with Crippen molar-refractivity contribution in [1.82, 2.24) is 0 Å². The third-order valence-corrected chi connectivity index (χ3v) is 1.93. The summed E-state index contributed by atoms with van der Waals surface area (Å²) in [5.74, 6) is -1.26. The van der Waals surface area contributed by atoms with E-state index in [-0.39, 0.29) is 17.3 Å². The van der Waals surface area contributed by atoms with E-state index in [2.05, 4.69) is 13.2 Å². The summed E-state index contributed by atoms with van der Waals surface area (Å²) in [5, 5.41) is 0. The number of carbonyl (C=O) groups excluding carboxylic acids is 2.